The summed E-state index contributed by atoms with van der Waals surface area (Å²) in [6.07, 6.45) is 4.55. The van der Waals surface area contributed by atoms with E-state index in [2.05, 4.69) is 5.32 Å². The number of rotatable bonds is 3. The van der Waals surface area contributed by atoms with E-state index in [4.69, 9.17) is 5.73 Å². The minimum Gasteiger partial charge on any atom is -0.350 e. The standard InChI is InChI=1S/C14H19FN2O.ClH/c15-12-7-3-2-6-11(12)10-17-13(18)14(16)8-4-1-5-9-14;/h2-3,6-7H,1,4-5,8-10,16H2,(H,17,18);1H. The van der Waals surface area contributed by atoms with Crippen molar-refractivity contribution in [1.82, 2.24) is 5.32 Å². The maximum Gasteiger partial charge on any atom is 0.240 e. The van der Waals surface area contributed by atoms with E-state index in [0.29, 0.717) is 5.56 Å². The summed E-state index contributed by atoms with van der Waals surface area (Å²) in [4.78, 5) is 12.0. The molecule has 106 valence electrons. The summed E-state index contributed by atoms with van der Waals surface area (Å²) < 4.78 is 13.4. The van der Waals surface area contributed by atoms with Gasteiger partial charge in [-0.2, -0.15) is 0 Å². The third-order valence-electron chi connectivity index (χ3n) is 3.60. The van der Waals surface area contributed by atoms with Crippen molar-refractivity contribution >= 4 is 18.3 Å². The van der Waals surface area contributed by atoms with Gasteiger partial charge >= 0.3 is 0 Å². The molecule has 0 saturated heterocycles. The molecule has 1 aliphatic carbocycles. The molecular weight excluding hydrogens is 267 g/mol. The van der Waals surface area contributed by atoms with Crippen molar-refractivity contribution in [3.05, 3.63) is 35.6 Å². The van der Waals surface area contributed by atoms with Crippen LogP contribution in [0.3, 0.4) is 0 Å². The SMILES string of the molecule is Cl.NC1(C(=O)NCc2ccccc2F)CCCCC1. The maximum absolute atomic E-state index is 13.4. The number of benzene rings is 1. The first-order valence-electron chi connectivity index (χ1n) is 6.42. The summed E-state index contributed by atoms with van der Waals surface area (Å²) >= 11 is 0. The average Bonchev–Trinajstić information content (AvgIpc) is 2.38. The van der Waals surface area contributed by atoms with Gasteiger partial charge in [0.2, 0.25) is 5.91 Å². The van der Waals surface area contributed by atoms with Crippen LogP contribution in [0.5, 0.6) is 0 Å². The van der Waals surface area contributed by atoms with E-state index in [1.54, 1.807) is 18.2 Å². The van der Waals surface area contributed by atoms with Gasteiger partial charge in [-0.25, -0.2) is 4.39 Å². The van der Waals surface area contributed by atoms with Crippen LogP contribution in [-0.2, 0) is 11.3 Å². The summed E-state index contributed by atoms with van der Waals surface area (Å²) in [5, 5.41) is 2.75. The fourth-order valence-electron chi connectivity index (χ4n) is 2.40. The molecule has 0 unspecified atom stereocenters. The maximum atomic E-state index is 13.4. The van der Waals surface area contributed by atoms with Crippen molar-refractivity contribution < 1.29 is 9.18 Å². The van der Waals surface area contributed by atoms with Crippen molar-refractivity contribution in [3.8, 4) is 0 Å². The van der Waals surface area contributed by atoms with Crippen LogP contribution in [0.15, 0.2) is 24.3 Å². The molecule has 0 radical (unpaired) electrons. The van der Waals surface area contributed by atoms with Gasteiger partial charge in [0.05, 0.1) is 5.54 Å². The van der Waals surface area contributed by atoms with Crippen molar-refractivity contribution in [3.63, 3.8) is 0 Å². The van der Waals surface area contributed by atoms with Gasteiger partial charge in [-0.05, 0) is 18.9 Å². The number of carbonyl (C=O) groups excluding carboxylic acids is 1. The van der Waals surface area contributed by atoms with Crippen molar-refractivity contribution in [2.45, 2.75) is 44.2 Å². The molecule has 0 aliphatic heterocycles. The monoisotopic (exact) mass is 286 g/mol. The van der Waals surface area contributed by atoms with Gasteiger partial charge < -0.3 is 11.1 Å². The van der Waals surface area contributed by atoms with Gasteiger partial charge in [0.25, 0.3) is 0 Å². The lowest BCUT2D eigenvalue weighted by molar-refractivity contribution is -0.127. The van der Waals surface area contributed by atoms with E-state index in [1.807, 2.05) is 0 Å². The zero-order valence-electron chi connectivity index (χ0n) is 10.8. The normalized spacial score (nSPS) is 17.4. The molecule has 0 heterocycles. The molecule has 1 aliphatic rings. The molecule has 0 bridgehead atoms. The smallest absolute Gasteiger partial charge is 0.240 e. The van der Waals surface area contributed by atoms with E-state index in [9.17, 15) is 9.18 Å². The minimum absolute atomic E-state index is 0. The molecule has 0 atom stereocenters. The Morgan fingerprint density at radius 1 is 1.26 bits per heavy atom. The first kappa shape index (κ1) is 15.9. The zero-order valence-corrected chi connectivity index (χ0v) is 11.6. The largest absolute Gasteiger partial charge is 0.350 e. The lowest BCUT2D eigenvalue weighted by Gasteiger charge is -2.31. The molecule has 2 rings (SSSR count). The predicted molar refractivity (Wildman–Crippen MR) is 75.5 cm³/mol. The Kier molecular flexibility index (Phi) is 5.76. The number of amides is 1. The number of hydrogen-bond acceptors (Lipinski definition) is 2. The van der Waals surface area contributed by atoms with Gasteiger partial charge in [-0.3, -0.25) is 4.79 Å². The van der Waals surface area contributed by atoms with Crippen LogP contribution >= 0.6 is 12.4 Å². The Balaban J connectivity index is 0.00000180. The van der Waals surface area contributed by atoms with Gasteiger partial charge in [0, 0.05) is 12.1 Å². The minimum atomic E-state index is -0.760. The highest BCUT2D eigenvalue weighted by Gasteiger charge is 2.34. The number of halogens is 2. The molecule has 0 aromatic heterocycles. The molecule has 1 aromatic rings. The molecular formula is C14H20ClFN2O. The van der Waals surface area contributed by atoms with Crippen LogP contribution in [-0.4, -0.2) is 11.4 Å². The highest BCUT2D eigenvalue weighted by atomic mass is 35.5. The summed E-state index contributed by atoms with van der Waals surface area (Å²) in [6, 6.07) is 6.44. The van der Waals surface area contributed by atoms with E-state index >= 15 is 0 Å². The molecule has 1 saturated carbocycles. The predicted octanol–water partition coefficient (Wildman–Crippen LogP) is 2.53. The van der Waals surface area contributed by atoms with Crippen LogP contribution in [0.25, 0.3) is 0 Å². The molecule has 1 aromatic carbocycles. The second kappa shape index (κ2) is 6.87. The second-order valence-electron chi connectivity index (χ2n) is 4.99. The van der Waals surface area contributed by atoms with Crippen LogP contribution in [0, 0.1) is 5.82 Å². The number of hydrogen-bond donors (Lipinski definition) is 2. The number of nitrogens with one attached hydrogen (secondary N) is 1. The summed E-state index contributed by atoms with van der Waals surface area (Å²) in [6.45, 7) is 0.199. The summed E-state index contributed by atoms with van der Waals surface area (Å²) in [7, 11) is 0. The van der Waals surface area contributed by atoms with Crippen LogP contribution in [0.4, 0.5) is 4.39 Å². The van der Waals surface area contributed by atoms with Crippen molar-refractivity contribution in [1.29, 1.82) is 0 Å². The fraction of sp³-hybridized carbons (Fsp3) is 0.500. The lowest BCUT2D eigenvalue weighted by Crippen LogP contribution is -2.54. The van der Waals surface area contributed by atoms with Crippen molar-refractivity contribution in [2.75, 3.05) is 0 Å². The molecule has 1 amide bonds. The molecule has 1 fully saturated rings. The van der Waals surface area contributed by atoms with Crippen molar-refractivity contribution in [2.24, 2.45) is 5.73 Å². The molecule has 3 N–H and O–H groups in total. The third kappa shape index (κ3) is 3.91. The number of carbonyl (C=O) groups is 1. The Labute approximate surface area is 119 Å². The van der Waals surface area contributed by atoms with E-state index in [1.165, 1.54) is 6.07 Å². The first-order valence-corrected chi connectivity index (χ1v) is 6.42. The summed E-state index contributed by atoms with van der Waals surface area (Å²) in [5.41, 5.74) is 5.83. The van der Waals surface area contributed by atoms with E-state index in [-0.39, 0.29) is 30.7 Å². The third-order valence-corrected chi connectivity index (χ3v) is 3.60. The van der Waals surface area contributed by atoms with Crippen LogP contribution < -0.4 is 11.1 Å². The average molecular weight is 287 g/mol. The zero-order chi connectivity index (χ0) is 13.0. The first-order chi connectivity index (χ1) is 8.62. The molecule has 19 heavy (non-hydrogen) atoms. The Morgan fingerprint density at radius 2 is 1.89 bits per heavy atom. The highest BCUT2D eigenvalue weighted by molar-refractivity contribution is 5.86. The lowest BCUT2D eigenvalue weighted by atomic mass is 9.82. The number of nitrogens with two attached hydrogens (primary N) is 1. The van der Waals surface area contributed by atoms with Gasteiger partial charge in [-0.1, -0.05) is 37.5 Å². The Morgan fingerprint density at radius 3 is 2.53 bits per heavy atom. The quantitative estimate of drug-likeness (QED) is 0.897. The second-order valence-corrected chi connectivity index (χ2v) is 4.99. The molecule has 3 nitrogen and oxygen atoms in total. The Bertz CT molecular complexity index is 433. The molecule has 0 spiro atoms. The highest BCUT2D eigenvalue weighted by Crippen LogP contribution is 2.26. The van der Waals surface area contributed by atoms with Gasteiger partial charge in [0.1, 0.15) is 5.82 Å². The fourth-order valence-corrected chi connectivity index (χ4v) is 2.40. The van der Waals surface area contributed by atoms with Crippen LogP contribution in [0.1, 0.15) is 37.7 Å². The van der Waals surface area contributed by atoms with E-state index < -0.39 is 5.54 Å². The summed E-state index contributed by atoms with van der Waals surface area (Å²) in [5.74, 6) is -0.460. The topological polar surface area (TPSA) is 55.1 Å². The Hall–Kier alpha value is -1.13. The van der Waals surface area contributed by atoms with Gasteiger partial charge in [-0.15, -0.1) is 12.4 Å². The van der Waals surface area contributed by atoms with Crippen LogP contribution in [0.2, 0.25) is 0 Å². The molecule has 5 heteroatoms. The van der Waals surface area contributed by atoms with Gasteiger partial charge in [0.15, 0.2) is 0 Å². The van der Waals surface area contributed by atoms with E-state index in [0.717, 1.165) is 32.1 Å².